The molecule has 3 rings (SSSR count). The summed E-state index contributed by atoms with van der Waals surface area (Å²) in [5, 5.41) is 3.83. The van der Waals surface area contributed by atoms with Gasteiger partial charge in [0.15, 0.2) is 0 Å². The van der Waals surface area contributed by atoms with Crippen molar-refractivity contribution in [1.82, 2.24) is 10.2 Å². The second kappa shape index (κ2) is 10.6. The highest BCUT2D eigenvalue weighted by Crippen LogP contribution is 2.21. The summed E-state index contributed by atoms with van der Waals surface area (Å²) in [4.78, 5) is 28.2. The third-order valence-corrected chi connectivity index (χ3v) is 6.21. The fourth-order valence-corrected chi connectivity index (χ4v) is 4.26. The van der Waals surface area contributed by atoms with E-state index in [-0.39, 0.29) is 24.3 Å². The fraction of sp³-hybridized carbons (Fsp3) is 0.440. The van der Waals surface area contributed by atoms with E-state index < -0.39 is 6.04 Å². The Hall–Kier alpha value is -2.33. The summed E-state index contributed by atoms with van der Waals surface area (Å²) in [7, 11) is 0. The first kappa shape index (κ1) is 22.4. The van der Waals surface area contributed by atoms with Crippen LogP contribution in [0.3, 0.4) is 0 Å². The van der Waals surface area contributed by atoms with Gasteiger partial charge in [0, 0.05) is 17.6 Å². The zero-order valence-electron chi connectivity index (χ0n) is 17.9. The third kappa shape index (κ3) is 5.85. The molecule has 1 atom stereocenters. The largest absolute Gasteiger partial charge is 0.352 e. The molecule has 2 amide bonds. The molecule has 0 saturated heterocycles. The van der Waals surface area contributed by atoms with Crippen LogP contribution in [-0.4, -0.2) is 28.8 Å². The van der Waals surface area contributed by atoms with Crippen LogP contribution < -0.4 is 5.32 Å². The van der Waals surface area contributed by atoms with Crippen LogP contribution in [0.15, 0.2) is 48.5 Å². The zero-order chi connectivity index (χ0) is 21.5. The zero-order valence-corrected chi connectivity index (χ0v) is 18.6. The van der Waals surface area contributed by atoms with E-state index in [4.69, 9.17) is 11.6 Å². The molecule has 0 radical (unpaired) electrons. The van der Waals surface area contributed by atoms with Crippen molar-refractivity contribution in [3.8, 4) is 0 Å². The monoisotopic (exact) mass is 426 g/mol. The van der Waals surface area contributed by atoms with Crippen LogP contribution in [0.25, 0.3) is 0 Å². The molecule has 1 saturated carbocycles. The number of hydrogen-bond donors (Lipinski definition) is 1. The van der Waals surface area contributed by atoms with Crippen LogP contribution in [0.4, 0.5) is 0 Å². The lowest BCUT2D eigenvalue weighted by molar-refractivity contribution is -0.141. The van der Waals surface area contributed by atoms with E-state index in [1.807, 2.05) is 50.2 Å². The minimum atomic E-state index is -0.481. The molecular weight excluding hydrogens is 396 g/mol. The maximum absolute atomic E-state index is 13.4. The van der Waals surface area contributed by atoms with Gasteiger partial charge in [-0.15, -0.1) is 0 Å². The molecule has 1 aliphatic rings. The van der Waals surface area contributed by atoms with Crippen LogP contribution in [0.5, 0.6) is 0 Å². The summed E-state index contributed by atoms with van der Waals surface area (Å²) in [5.41, 5.74) is 3.08. The predicted octanol–water partition coefficient (Wildman–Crippen LogP) is 5.06. The maximum atomic E-state index is 13.4. The molecule has 5 heteroatoms. The number of hydrogen-bond acceptors (Lipinski definition) is 2. The quantitative estimate of drug-likeness (QED) is 0.641. The first-order valence-electron chi connectivity index (χ1n) is 10.9. The van der Waals surface area contributed by atoms with Crippen LogP contribution >= 0.6 is 11.6 Å². The molecule has 30 heavy (non-hydrogen) atoms. The second-order valence-electron chi connectivity index (χ2n) is 8.17. The predicted molar refractivity (Wildman–Crippen MR) is 121 cm³/mol. The lowest BCUT2D eigenvalue weighted by Crippen LogP contribution is -2.51. The molecule has 1 fully saturated rings. The normalized spacial score (nSPS) is 15.0. The average Bonchev–Trinajstić information content (AvgIpc) is 3.24. The van der Waals surface area contributed by atoms with E-state index in [9.17, 15) is 9.59 Å². The molecule has 1 aliphatic carbocycles. The van der Waals surface area contributed by atoms with Crippen molar-refractivity contribution in [2.75, 3.05) is 0 Å². The molecule has 0 aliphatic heterocycles. The lowest BCUT2D eigenvalue weighted by atomic mass is 10.0. The molecular formula is C25H31ClN2O2. The summed E-state index contributed by atoms with van der Waals surface area (Å²) in [6.07, 6.45) is 5.19. The Balaban J connectivity index is 1.82. The molecule has 2 aromatic rings. The van der Waals surface area contributed by atoms with Crippen LogP contribution in [0, 0.1) is 6.92 Å². The Labute approximate surface area is 184 Å². The van der Waals surface area contributed by atoms with Gasteiger partial charge in [-0.3, -0.25) is 9.59 Å². The molecule has 0 aromatic heterocycles. The summed E-state index contributed by atoms with van der Waals surface area (Å²) in [6.45, 7) is 4.44. The Kier molecular flexibility index (Phi) is 7.92. The Bertz CT molecular complexity index is 860. The van der Waals surface area contributed by atoms with Gasteiger partial charge in [-0.1, -0.05) is 67.8 Å². The van der Waals surface area contributed by atoms with Gasteiger partial charge in [-0.25, -0.2) is 0 Å². The molecule has 1 N–H and O–H groups in total. The van der Waals surface area contributed by atoms with Crippen LogP contribution in [-0.2, 0) is 22.6 Å². The number of carbonyl (C=O) groups excluding carboxylic acids is 2. The maximum Gasteiger partial charge on any atom is 0.243 e. The molecule has 0 heterocycles. The van der Waals surface area contributed by atoms with Gasteiger partial charge in [-0.05, 0) is 55.0 Å². The molecule has 2 aromatic carbocycles. The molecule has 160 valence electrons. The van der Waals surface area contributed by atoms with E-state index in [0.29, 0.717) is 18.0 Å². The smallest absolute Gasteiger partial charge is 0.243 e. The number of aryl methyl sites for hydroxylation is 1. The van der Waals surface area contributed by atoms with Gasteiger partial charge in [0.05, 0.1) is 6.42 Å². The van der Waals surface area contributed by atoms with Crippen molar-refractivity contribution < 1.29 is 9.59 Å². The van der Waals surface area contributed by atoms with Gasteiger partial charge in [0.25, 0.3) is 0 Å². The highest BCUT2D eigenvalue weighted by Gasteiger charge is 2.30. The second-order valence-corrected chi connectivity index (χ2v) is 8.60. The Morgan fingerprint density at radius 1 is 1.10 bits per heavy atom. The summed E-state index contributed by atoms with van der Waals surface area (Å²) >= 11 is 5.98. The summed E-state index contributed by atoms with van der Waals surface area (Å²) in [5.74, 6) is -0.0866. The lowest BCUT2D eigenvalue weighted by Gasteiger charge is -2.32. The minimum absolute atomic E-state index is 0.0394. The fourth-order valence-electron chi connectivity index (χ4n) is 4.14. The number of halogens is 1. The van der Waals surface area contributed by atoms with Crippen molar-refractivity contribution in [2.45, 2.75) is 71.0 Å². The number of amides is 2. The third-order valence-electron chi connectivity index (χ3n) is 5.96. The highest BCUT2D eigenvalue weighted by atomic mass is 35.5. The van der Waals surface area contributed by atoms with Crippen LogP contribution in [0.1, 0.15) is 55.7 Å². The van der Waals surface area contributed by atoms with Gasteiger partial charge in [0.1, 0.15) is 6.04 Å². The van der Waals surface area contributed by atoms with E-state index in [1.54, 1.807) is 17.0 Å². The van der Waals surface area contributed by atoms with Gasteiger partial charge < -0.3 is 10.2 Å². The standard InChI is InChI=1S/C25H31ClN2O2/c1-3-23(25(30)27-22-10-6-7-11-22)28(17-20-9-5-4-8-18(20)2)24(29)16-19-12-14-21(26)15-13-19/h4-5,8-9,12-15,22-23H,3,6-7,10-11,16-17H2,1-2H3,(H,27,30)/t23-/m1/s1. The van der Waals surface area contributed by atoms with E-state index >= 15 is 0 Å². The van der Waals surface area contributed by atoms with Crippen LogP contribution in [0.2, 0.25) is 5.02 Å². The van der Waals surface area contributed by atoms with E-state index in [2.05, 4.69) is 5.32 Å². The SMILES string of the molecule is CC[C@H](C(=O)NC1CCCC1)N(Cc1ccccc1C)C(=O)Cc1ccc(Cl)cc1. The highest BCUT2D eigenvalue weighted by molar-refractivity contribution is 6.30. The number of nitrogens with zero attached hydrogens (tertiary/aromatic N) is 1. The Morgan fingerprint density at radius 2 is 1.77 bits per heavy atom. The average molecular weight is 427 g/mol. The Morgan fingerprint density at radius 3 is 2.40 bits per heavy atom. The molecule has 0 unspecified atom stereocenters. The number of rotatable bonds is 8. The van der Waals surface area contributed by atoms with Crippen molar-refractivity contribution in [1.29, 1.82) is 0 Å². The first-order chi connectivity index (χ1) is 14.5. The van der Waals surface area contributed by atoms with E-state index in [1.165, 1.54) is 0 Å². The van der Waals surface area contributed by atoms with Gasteiger partial charge in [-0.2, -0.15) is 0 Å². The van der Waals surface area contributed by atoms with Crippen molar-refractivity contribution in [2.24, 2.45) is 0 Å². The van der Waals surface area contributed by atoms with Gasteiger partial charge >= 0.3 is 0 Å². The molecule has 4 nitrogen and oxygen atoms in total. The minimum Gasteiger partial charge on any atom is -0.352 e. The number of nitrogens with one attached hydrogen (secondary N) is 1. The molecule has 0 bridgehead atoms. The van der Waals surface area contributed by atoms with Crippen molar-refractivity contribution in [3.63, 3.8) is 0 Å². The van der Waals surface area contributed by atoms with Gasteiger partial charge in [0.2, 0.25) is 11.8 Å². The summed E-state index contributed by atoms with van der Waals surface area (Å²) < 4.78 is 0. The van der Waals surface area contributed by atoms with Crippen molar-refractivity contribution in [3.05, 3.63) is 70.2 Å². The summed E-state index contributed by atoms with van der Waals surface area (Å²) in [6, 6.07) is 15.1. The topological polar surface area (TPSA) is 49.4 Å². The number of carbonyl (C=O) groups is 2. The number of benzene rings is 2. The van der Waals surface area contributed by atoms with Crippen molar-refractivity contribution >= 4 is 23.4 Å². The molecule has 0 spiro atoms. The first-order valence-corrected chi connectivity index (χ1v) is 11.2. The van der Waals surface area contributed by atoms with E-state index in [0.717, 1.165) is 42.4 Å².